The van der Waals surface area contributed by atoms with E-state index in [0.29, 0.717) is 16.4 Å². The number of carboxylic acid groups (broad SMARTS) is 1. The SMILES string of the molecule is O=C(O)CCC(=NNC(=O)Nc1cccc(Cl)c1)c1ccccc1. The van der Waals surface area contributed by atoms with Crippen LogP contribution in [0.25, 0.3) is 0 Å². The van der Waals surface area contributed by atoms with E-state index in [0.717, 1.165) is 5.56 Å². The predicted octanol–water partition coefficient (Wildman–Crippen LogP) is 3.73. The minimum atomic E-state index is -0.929. The number of aliphatic carboxylic acids is 1. The number of carbonyl (C=O) groups excluding carboxylic acids is 1. The molecule has 0 aliphatic rings. The van der Waals surface area contributed by atoms with Crippen LogP contribution in [0.15, 0.2) is 59.7 Å². The Kier molecular flexibility index (Phi) is 6.33. The molecule has 0 unspecified atom stereocenters. The molecule has 124 valence electrons. The zero-order valence-corrected chi connectivity index (χ0v) is 13.5. The molecule has 2 amide bonds. The number of benzene rings is 2. The number of nitrogens with zero attached hydrogens (tertiary/aromatic N) is 1. The average Bonchev–Trinajstić information content (AvgIpc) is 2.55. The normalized spacial score (nSPS) is 11.0. The number of urea groups is 1. The lowest BCUT2D eigenvalue weighted by Gasteiger charge is -2.08. The number of nitrogens with one attached hydrogen (secondary N) is 2. The number of hydrogen-bond acceptors (Lipinski definition) is 3. The highest BCUT2D eigenvalue weighted by molar-refractivity contribution is 6.30. The predicted molar refractivity (Wildman–Crippen MR) is 93.5 cm³/mol. The van der Waals surface area contributed by atoms with E-state index >= 15 is 0 Å². The Labute approximate surface area is 144 Å². The van der Waals surface area contributed by atoms with Crippen molar-refractivity contribution >= 4 is 35.0 Å². The van der Waals surface area contributed by atoms with Crippen molar-refractivity contribution in [2.75, 3.05) is 5.32 Å². The van der Waals surface area contributed by atoms with E-state index in [-0.39, 0.29) is 12.8 Å². The van der Waals surface area contributed by atoms with Crippen molar-refractivity contribution < 1.29 is 14.7 Å². The summed E-state index contributed by atoms with van der Waals surface area (Å²) in [4.78, 5) is 22.7. The highest BCUT2D eigenvalue weighted by Gasteiger charge is 2.08. The summed E-state index contributed by atoms with van der Waals surface area (Å²) in [7, 11) is 0. The third-order valence-electron chi connectivity index (χ3n) is 3.06. The number of anilines is 1. The summed E-state index contributed by atoms with van der Waals surface area (Å²) in [5, 5.41) is 16.0. The second-order valence-corrected chi connectivity index (χ2v) is 5.33. The van der Waals surface area contributed by atoms with Crippen LogP contribution in [-0.4, -0.2) is 22.8 Å². The molecule has 0 saturated carbocycles. The smallest absolute Gasteiger partial charge is 0.339 e. The second-order valence-electron chi connectivity index (χ2n) is 4.89. The summed E-state index contributed by atoms with van der Waals surface area (Å²) >= 11 is 5.85. The Balaban J connectivity index is 2.05. The van der Waals surface area contributed by atoms with Gasteiger partial charge in [0.2, 0.25) is 0 Å². The van der Waals surface area contributed by atoms with E-state index in [2.05, 4.69) is 15.8 Å². The Morgan fingerprint density at radius 2 is 1.79 bits per heavy atom. The number of amides is 2. The molecule has 0 spiro atoms. The van der Waals surface area contributed by atoms with Gasteiger partial charge in [-0.2, -0.15) is 5.10 Å². The van der Waals surface area contributed by atoms with E-state index in [1.54, 1.807) is 36.4 Å². The van der Waals surface area contributed by atoms with E-state index in [1.807, 2.05) is 18.2 Å². The van der Waals surface area contributed by atoms with E-state index < -0.39 is 12.0 Å². The highest BCUT2D eigenvalue weighted by atomic mass is 35.5. The Hall–Kier alpha value is -2.86. The van der Waals surface area contributed by atoms with E-state index in [4.69, 9.17) is 16.7 Å². The van der Waals surface area contributed by atoms with Crippen molar-refractivity contribution in [3.63, 3.8) is 0 Å². The second kappa shape index (κ2) is 8.69. The van der Waals surface area contributed by atoms with Gasteiger partial charge in [0.25, 0.3) is 0 Å². The molecule has 0 fully saturated rings. The van der Waals surface area contributed by atoms with Crippen molar-refractivity contribution in [3.8, 4) is 0 Å². The van der Waals surface area contributed by atoms with Gasteiger partial charge in [-0.3, -0.25) is 4.79 Å². The molecule has 0 bridgehead atoms. The highest BCUT2D eigenvalue weighted by Crippen LogP contribution is 2.14. The molecule has 0 saturated heterocycles. The van der Waals surface area contributed by atoms with Gasteiger partial charge in [-0.15, -0.1) is 0 Å². The maximum absolute atomic E-state index is 11.9. The summed E-state index contributed by atoms with van der Waals surface area (Å²) in [6.07, 6.45) is 0.127. The Morgan fingerprint density at radius 1 is 1.04 bits per heavy atom. The number of hydrogen-bond donors (Lipinski definition) is 3. The lowest BCUT2D eigenvalue weighted by molar-refractivity contribution is -0.136. The van der Waals surface area contributed by atoms with Crippen LogP contribution in [-0.2, 0) is 4.79 Å². The minimum Gasteiger partial charge on any atom is -0.481 e. The molecule has 7 heteroatoms. The van der Waals surface area contributed by atoms with Gasteiger partial charge < -0.3 is 10.4 Å². The van der Waals surface area contributed by atoms with Gasteiger partial charge in [0.15, 0.2) is 0 Å². The maximum Gasteiger partial charge on any atom is 0.339 e. The number of carbonyl (C=O) groups is 2. The van der Waals surface area contributed by atoms with Crippen molar-refractivity contribution in [2.24, 2.45) is 5.10 Å². The van der Waals surface area contributed by atoms with Gasteiger partial charge in [-0.1, -0.05) is 48.0 Å². The lowest BCUT2D eigenvalue weighted by Crippen LogP contribution is -2.25. The van der Waals surface area contributed by atoms with Crippen LogP contribution in [0.3, 0.4) is 0 Å². The third-order valence-corrected chi connectivity index (χ3v) is 3.29. The first kappa shape index (κ1) is 17.5. The average molecular weight is 346 g/mol. The molecule has 24 heavy (non-hydrogen) atoms. The molecular formula is C17H16ClN3O3. The molecule has 0 aromatic heterocycles. The van der Waals surface area contributed by atoms with Crippen LogP contribution in [0.5, 0.6) is 0 Å². The fourth-order valence-corrected chi connectivity index (χ4v) is 2.15. The van der Waals surface area contributed by atoms with Crippen LogP contribution in [0, 0.1) is 0 Å². The molecule has 0 radical (unpaired) electrons. The van der Waals surface area contributed by atoms with Crippen LogP contribution < -0.4 is 10.7 Å². The summed E-state index contributed by atoms with van der Waals surface area (Å²) in [6, 6.07) is 15.2. The number of rotatable bonds is 6. The van der Waals surface area contributed by atoms with E-state index in [1.165, 1.54) is 0 Å². The fourth-order valence-electron chi connectivity index (χ4n) is 1.96. The summed E-state index contributed by atoms with van der Waals surface area (Å²) < 4.78 is 0. The first-order chi connectivity index (χ1) is 11.5. The van der Waals surface area contributed by atoms with Gasteiger partial charge in [-0.05, 0) is 23.8 Å². The largest absolute Gasteiger partial charge is 0.481 e. The standard InChI is InChI=1S/C17H16ClN3O3/c18-13-7-4-8-14(11-13)19-17(24)21-20-15(9-10-16(22)23)12-5-2-1-3-6-12/h1-8,11H,9-10H2,(H,22,23)(H2,19,21,24). The monoisotopic (exact) mass is 345 g/mol. The number of carboxylic acids is 1. The number of halogens is 1. The van der Waals surface area contributed by atoms with Crippen LogP contribution >= 0.6 is 11.6 Å². The molecule has 0 aliphatic heterocycles. The quantitative estimate of drug-likeness (QED) is 0.550. The van der Waals surface area contributed by atoms with Crippen molar-refractivity contribution in [1.82, 2.24) is 5.43 Å². The topological polar surface area (TPSA) is 90.8 Å². The van der Waals surface area contributed by atoms with Crippen molar-refractivity contribution in [3.05, 3.63) is 65.2 Å². The van der Waals surface area contributed by atoms with Crippen LogP contribution in [0.4, 0.5) is 10.5 Å². The maximum atomic E-state index is 11.9. The first-order valence-corrected chi connectivity index (χ1v) is 7.59. The van der Waals surface area contributed by atoms with E-state index in [9.17, 15) is 9.59 Å². The molecule has 0 aliphatic carbocycles. The van der Waals surface area contributed by atoms with Crippen molar-refractivity contribution in [1.29, 1.82) is 0 Å². The molecule has 2 rings (SSSR count). The summed E-state index contributed by atoms with van der Waals surface area (Å²) in [6.45, 7) is 0. The van der Waals surface area contributed by atoms with Gasteiger partial charge in [0, 0.05) is 17.1 Å². The molecule has 0 heterocycles. The number of hydrazone groups is 1. The van der Waals surface area contributed by atoms with Gasteiger partial charge >= 0.3 is 12.0 Å². The Morgan fingerprint density at radius 3 is 2.46 bits per heavy atom. The van der Waals surface area contributed by atoms with Gasteiger partial charge in [-0.25, -0.2) is 10.2 Å². The first-order valence-electron chi connectivity index (χ1n) is 7.21. The minimum absolute atomic E-state index is 0.0781. The molecule has 2 aromatic rings. The molecular weight excluding hydrogens is 330 g/mol. The fraction of sp³-hybridized carbons (Fsp3) is 0.118. The lowest BCUT2D eigenvalue weighted by atomic mass is 10.1. The molecule has 2 aromatic carbocycles. The third kappa shape index (κ3) is 5.73. The molecule has 6 nitrogen and oxygen atoms in total. The van der Waals surface area contributed by atoms with Crippen LogP contribution in [0.1, 0.15) is 18.4 Å². The molecule has 0 atom stereocenters. The van der Waals surface area contributed by atoms with Gasteiger partial charge in [0.05, 0.1) is 12.1 Å². The summed E-state index contributed by atoms with van der Waals surface area (Å²) in [5.74, 6) is -0.929. The Bertz CT molecular complexity index is 748. The molecule has 3 N–H and O–H groups in total. The van der Waals surface area contributed by atoms with Crippen LogP contribution in [0.2, 0.25) is 5.02 Å². The van der Waals surface area contributed by atoms with Crippen molar-refractivity contribution in [2.45, 2.75) is 12.8 Å². The zero-order chi connectivity index (χ0) is 17.4. The van der Waals surface area contributed by atoms with Gasteiger partial charge in [0.1, 0.15) is 0 Å². The zero-order valence-electron chi connectivity index (χ0n) is 12.7. The summed E-state index contributed by atoms with van der Waals surface area (Å²) in [5.41, 5.74) is 4.14.